The van der Waals surface area contributed by atoms with Crippen LogP contribution in [0.5, 0.6) is 0 Å². The molecule has 1 aliphatic rings. The molecule has 1 aromatic carbocycles. The number of rotatable bonds is 7. The highest BCUT2D eigenvalue weighted by Crippen LogP contribution is 2.23. The molecule has 0 radical (unpaired) electrons. The Balaban J connectivity index is 1.77. The second-order valence-corrected chi connectivity index (χ2v) is 6.50. The summed E-state index contributed by atoms with van der Waals surface area (Å²) in [6.45, 7) is 4.83. The molecule has 0 bridgehead atoms. The Labute approximate surface area is 144 Å². The van der Waals surface area contributed by atoms with Gasteiger partial charge < -0.3 is 15.4 Å². The van der Waals surface area contributed by atoms with Crippen molar-refractivity contribution >= 4 is 17.6 Å². The topological polar surface area (TPSA) is 67.4 Å². The molecule has 0 spiro atoms. The number of carbonyl (C=O) groups excluding carboxylic acids is 2. The lowest BCUT2D eigenvalue weighted by Gasteiger charge is -2.29. The van der Waals surface area contributed by atoms with E-state index in [-0.39, 0.29) is 18.4 Å². The van der Waals surface area contributed by atoms with E-state index in [4.69, 9.17) is 4.74 Å². The predicted octanol–water partition coefficient (Wildman–Crippen LogP) is 3.36. The average molecular weight is 332 g/mol. The molecule has 2 atom stereocenters. The summed E-state index contributed by atoms with van der Waals surface area (Å²) in [5, 5.41) is 6.21. The second-order valence-electron chi connectivity index (χ2n) is 6.50. The summed E-state index contributed by atoms with van der Waals surface area (Å²) in [4.78, 5) is 23.8. The van der Waals surface area contributed by atoms with Crippen LogP contribution in [0.25, 0.3) is 0 Å². The third-order valence-electron chi connectivity index (χ3n) is 4.47. The molecule has 2 unspecified atom stereocenters. The van der Waals surface area contributed by atoms with Crippen molar-refractivity contribution in [2.45, 2.75) is 52.0 Å². The van der Waals surface area contributed by atoms with Gasteiger partial charge in [-0.15, -0.1) is 0 Å². The quantitative estimate of drug-likeness (QED) is 0.751. The Morgan fingerprint density at radius 3 is 2.54 bits per heavy atom. The van der Waals surface area contributed by atoms with E-state index in [2.05, 4.69) is 17.6 Å². The van der Waals surface area contributed by atoms with Gasteiger partial charge in [-0.3, -0.25) is 4.79 Å². The van der Waals surface area contributed by atoms with Crippen molar-refractivity contribution < 1.29 is 14.3 Å². The molecule has 5 nitrogen and oxygen atoms in total. The number of anilines is 1. The van der Waals surface area contributed by atoms with Crippen LogP contribution in [-0.4, -0.2) is 31.1 Å². The summed E-state index contributed by atoms with van der Waals surface area (Å²) in [6, 6.07) is 7.30. The second kappa shape index (κ2) is 9.30. The van der Waals surface area contributed by atoms with Gasteiger partial charge in [0.15, 0.2) is 0 Å². The maximum atomic E-state index is 12.1. The maximum absolute atomic E-state index is 12.1. The van der Waals surface area contributed by atoms with E-state index in [1.807, 2.05) is 6.92 Å². The normalized spacial score (nSPS) is 20.2. The Hall–Kier alpha value is -2.04. The first-order chi connectivity index (χ1) is 11.6. The fourth-order valence-corrected chi connectivity index (χ4v) is 2.97. The third kappa shape index (κ3) is 5.55. The van der Waals surface area contributed by atoms with Crippen molar-refractivity contribution in [3.05, 3.63) is 29.8 Å². The summed E-state index contributed by atoms with van der Waals surface area (Å²) in [5.41, 5.74) is 1.34. The summed E-state index contributed by atoms with van der Waals surface area (Å²) in [6.07, 6.45) is 5.52. The van der Waals surface area contributed by atoms with Crippen LogP contribution in [0.3, 0.4) is 0 Å². The Morgan fingerprint density at radius 1 is 1.17 bits per heavy atom. The monoisotopic (exact) mass is 332 g/mol. The molecule has 2 rings (SSSR count). The lowest BCUT2D eigenvalue weighted by Crippen LogP contribution is -2.43. The molecule has 0 heterocycles. The zero-order valence-corrected chi connectivity index (χ0v) is 14.6. The van der Waals surface area contributed by atoms with Crippen molar-refractivity contribution in [3.8, 4) is 0 Å². The highest BCUT2D eigenvalue weighted by molar-refractivity contribution is 5.90. The zero-order valence-electron chi connectivity index (χ0n) is 14.6. The van der Waals surface area contributed by atoms with Gasteiger partial charge in [-0.1, -0.05) is 26.7 Å². The van der Waals surface area contributed by atoms with Crippen molar-refractivity contribution in [1.29, 1.82) is 0 Å². The van der Waals surface area contributed by atoms with Crippen LogP contribution in [0, 0.1) is 5.92 Å². The van der Waals surface area contributed by atoms with Crippen LogP contribution < -0.4 is 10.6 Å². The van der Waals surface area contributed by atoms with E-state index >= 15 is 0 Å². The molecule has 24 heavy (non-hydrogen) atoms. The minimum atomic E-state index is -0.313. The smallest absolute Gasteiger partial charge is 0.338 e. The van der Waals surface area contributed by atoms with Crippen LogP contribution in [0.2, 0.25) is 0 Å². The average Bonchev–Trinajstić information content (AvgIpc) is 2.60. The van der Waals surface area contributed by atoms with E-state index in [0.717, 1.165) is 18.5 Å². The highest BCUT2D eigenvalue weighted by Gasteiger charge is 2.22. The lowest BCUT2D eigenvalue weighted by molar-refractivity contribution is -0.120. The van der Waals surface area contributed by atoms with Crippen LogP contribution in [0.1, 0.15) is 56.3 Å². The fourth-order valence-electron chi connectivity index (χ4n) is 2.97. The first-order valence-corrected chi connectivity index (χ1v) is 8.90. The van der Waals surface area contributed by atoms with Gasteiger partial charge in [0.2, 0.25) is 5.91 Å². The standard InChI is InChI=1S/C19H28N2O3/c1-3-12-24-19(23)15-8-10-16(11-9-15)20-13-18(22)21-17-7-5-4-6-14(17)2/h8-11,14,17,20H,3-7,12-13H2,1-2H3,(H,21,22). The molecule has 1 amide bonds. The van der Waals surface area contributed by atoms with Gasteiger partial charge in [-0.25, -0.2) is 4.79 Å². The minimum Gasteiger partial charge on any atom is -0.462 e. The van der Waals surface area contributed by atoms with Gasteiger partial charge >= 0.3 is 5.97 Å². The molecule has 132 valence electrons. The Morgan fingerprint density at radius 2 is 1.88 bits per heavy atom. The number of nitrogens with one attached hydrogen (secondary N) is 2. The Bertz CT molecular complexity index is 542. The van der Waals surface area contributed by atoms with Gasteiger partial charge in [0, 0.05) is 11.7 Å². The Kier molecular flexibility index (Phi) is 7.09. The van der Waals surface area contributed by atoms with E-state index in [1.54, 1.807) is 24.3 Å². The van der Waals surface area contributed by atoms with Gasteiger partial charge in [0.1, 0.15) is 0 Å². The molecule has 5 heteroatoms. The number of amides is 1. The van der Waals surface area contributed by atoms with Crippen LogP contribution in [-0.2, 0) is 9.53 Å². The van der Waals surface area contributed by atoms with Crippen molar-refractivity contribution in [1.82, 2.24) is 5.32 Å². The first-order valence-electron chi connectivity index (χ1n) is 8.90. The predicted molar refractivity (Wildman–Crippen MR) is 95.1 cm³/mol. The summed E-state index contributed by atoms with van der Waals surface area (Å²) >= 11 is 0. The molecule has 0 aliphatic heterocycles. The third-order valence-corrected chi connectivity index (χ3v) is 4.47. The molecule has 0 aromatic heterocycles. The van der Waals surface area contributed by atoms with Crippen LogP contribution in [0.4, 0.5) is 5.69 Å². The zero-order chi connectivity index (χ0) is 17.4. The number of benzene rings is 1. The van der Waals surface area contributed by atoms with Crippen molar-refractivity contribution in [2.75, 3.05) is 18.5 Å². The number of hydrogen-bond acceptors (Lipinski definition) is 4. The molecule has 2 N–H and O–H groups in total. The van der Waals surface area contributed by atoms with Gasteiger partial charge in [0.05, 0.1) is 18.7 Å². The van der Waals surface area contributed by atoms with Gasteiger partial charge in [0.25, 0.3) is 0 Å². The van der Waals surface area contributed by atoms with E-state index in [9.17, 15) is 9.59 Å². The SMILES string of the molecule is CCCOC(=O)c1ccc(NCC(=O)NC2CCCCC2C)cc1. The number of carbonyl (C=O) groups is 2. The van der Waals surface area contributed by atoms with E-state index < -0.39 is 0 Å². The molecule has 1 aromatic rings. The number of esters is 1. The minimum absolute atomic E-state index is 0.0141. The van der Waals surface area contributed by atoms with Crippen molar-refractivity contribution in [3.63, 3.8) is 0 Å². The summed E-state index contributed by atoms with van der Waals surface area (Å²) in [7, 11) is 0. The van der Waals surface area contributed by atoms with Gasteiger partial charge in [-0.05, 0) is 49.4 Å². The summed E-state index contributed by atoms with van der Waals surface area (Å²) in [5.74, 6) is 0.253. The van der Waals surface area contributed by atoms with Gasteiger partial charge in [-0.2, -0.15) is 0 Å². The summed E-state index contributed by atoms with van der Waals surface area (Å²) < 4.78 is 5.09. The van der Waals surface area contributed by atoms with Crippen molar-refractivity contribution in [2.24, 2.45) is 5.92 Å². The molecule has 0 saturated heterocycles. The van der Waals surface area contributed by atoms with E-state index in [0.29, 0.717) is 24.1 Å². The van der Waals surface area contributed by atoms with Crippen LogP contribution in [0.15, 0.2) is 24.3 Å². The molecular formula is C19H28N2O3. The first kappa shape index (κ1) is 18.3. The number of hydrogen-bond donors (Lipinski definition) is 2. The molecule has 1 saturated carbocycles. The molecule has 1 fully saturated rings. The lowest BCUT2D eigenvalue weighted by atomic mass is 9.86. The number of ether oxygens (including phenoxy) is 1. The fraction of sp³-hybridized carbons (Fsp3) is 0.579. The largest absolute Gasteiger partial charge is 0.462 e. The van der Waals surface area contributed by atoms with E-state index in [1.165, 1.54) is 19.3 Å². The molecular weight excluding hydrogens is 304 g/mol. The highest BCUT2D eigenvalue weighted by atomic mass is 16.5. The maximum Gasteiger partial charge on any atom is 0.338 e. The van der Waals surface area contributed by atoms with Crippen LogP contribution >= 0.6 is 0 Å². The molecule has 1 aliphatic carbocycles.